The fourth-order valence-corrected chi connectivity index (χ4v) is 5.20. The molecule has 42 heavy (non-hydrogen) atoms. The molecule has 0 unspecified atom stereocenters. The van der Waals surface area contributed by atoms with Gasteiger partial charge in [0.15, 0.2) is 0 Å². The number of hydrogen-bond donors (Lipinski definition) is 1. The number of carbonyl (C=O) groups is 3. The third kappa shape index (κ3) is 6.73. The summed E-state index contributed by atoms with van der Waals surface area (Å²) < 4.78 is 17.2. The normalized spacial score (nSPS) is 15.0. The number of amides is 3. The molecule has 11 nitrogen and oxygen atoms in total. The van der Waals surface area contributed by atoms with Gasteiger partial charge in [-0.05, 0) is 31.0 Å². The summed E-state index contributed by atoms with van der Waals surface area (Å²) in [5, 5.41) is 2.86. The summed E-state index contributed by atoms with van der Waals surface area (Å²) >= 11 is 0. The summed E-state index contributed by atoms with van der Waals surface area (Å²) in [4.78, 5) is 48.7. The number of fused-ring (bicyclic) bond motifs is 1. The van der Waals surface area contributed by atoms with E-state index in [1.54, 1.807) is 17.9 Å². The van der Waals surface area contributed by atoms with Crippen molar-refractivity contribution in [1.29, 1.82) is 0 Å². The maximum absolute atomic E-state index is 13.4. The van der Waals surface area contributed by atoms with Gasteiger partial charge in [-0.15, -0.1) is 0 Å². The lowest BCUT2D eigenvalue weighted by Gasteiger charge is -2.35. The van der Waals surface area contributed by atoms with Crippen LogP contribution in [-0.4, -0.2) is 85.0 Å². The predicted molar refractivity (Wildman–Crippen MR) is 157 cm³/mol. The number of nitrogens with zero attached hydrogens (tertiary/aromatic N) is 4. The van der Waals surface area contributed by atoms with Gasteiger partial charge < -0.3 is 33.9 Å². The molecule has 1 saturated heterocycles. The van der Waals surface area contributed by atoms with E-state index in [4.69, 9.17) is 13.9 Å². The quantitative estimate of drug-likeness (QED) is 0.345. The topological polar surface area (TPSA) is 117 Å². The van der Waals surface area contributed by atoms with Crippen molar-refractivity contribution in [3.8, 4) is 5.88 Å². The lowest BCUT2D eigenvalue weighted by atomic mass is 10.0. The lowest BCUT2D eigenvalue weighted by Crippen LogP contribution is -2.48. The second kappa shape index (κ2) is 13.5. The maximum atomic E-state index is 13.4. The molecular formula is C31H37N5O6. The van der Waals surface area contributed by atoms with Crippen LogP contribution in [0.25, 0.3) is 0 Å². The molecule has 1 N–H and O–H groups in total. The van der Waals surface area contributed by atoms with Crippen LogP contribution in [0.3, 0.4) is 0 Å². The highest BCUT2D eigenvalue weighted by atomic mass is 16.5. The predicted octanol–water partition coefficient (Wildman–Crippen LogP) is 3.60. The highest BCUT2D eigenvalue weighted by Crippen LogP contribution is 2.30. The highest BCUT2D eigenvalue weighted by Gasteiger charge is 2.33. The summed E-state index contributed by atoms with van der Waals surface area (Å²) in [5.74, 6) is 0.891. The van der Waals surface area contributed by atoms with Gasteiger partial charge in [0.2, 0.25) is 11.8 Å². The summed E-state index contributed by atoms with van der Waals surface area (Å²) in [6.07, 6.45) is 2.57. The van der Waals surface area contributed by atoms with Crippen molar-refractivity contribution in [2.75, 3.05) is 62.7 Å². The van der Waals surface area contributed by atoms with Crippen LogP contribution in [0.4, 0.5) is 11.5 Å². The van der Waals surface area contributed by atoms with E-state index in [0.717, 1.165) is 5.56 Å². The second-order valence-corrected chi connectivity index (χ2v) is 10.3. The van der Waals surface area contributed by atoms with Crippen molar-refractivity contribution in [1.82, 2.24) is 14.8 Å². The Morgan fingerprint density at radius 2 is 1.83 bits per heavy atom. The molecular weight excluding hydrogens is 538 g/mol. The van der Waals surface area contributed by atoms with Gasteiger partial charge in [0.1, 0.15) is 23.5 Å². The molecule has 0 radical (unpaired) electrons. The Balaban J connectivity index is 1.21. The molecule has 1 fully saturated rings. The van der Waals surface area contributed by atoms with Crippen LogP contribution in [0.15, 0.2) is 53.1 Å². The van der Waals surface area contributed by atoms with E-state index in [-0.39, 0.29) is 23.3 Å². The number of piperazine rings is 1. The highest BCUT2D eigenvalue weighted by molar-refractivity contribution is 6.13. The van der Waals surface area contributed by atoms with Gasteiger partial charge in [0.05, 0.1) is 24.3 Å². The first-order valence-corrected chi connectivity index (χ1v) is 14.4. The lowest BCUT2D eigenvalue weighted by molar-refractivity contribution is -0.129. The van der Waals surface area contributed by atoms with Gasteiger partial charge in [0.25, 0.3) is 11.8 Å². The van der Waals surface area contributed by atoms with E-state index >= 15 is 0 Å². The van der Waals surface area contributed by atoms with E-state index < -0.39 is 5.91 Å². The molecule has 0 aliphatic carbocycles. The number of aromatic nitrogens is 1. The average molecular weight is 576 g/mol. The molecule has 11 heteroatoms. The Morgan fingerprint density at radius 1 is 1.05 bits per heavy atom. The molecule has 2 aliphatic rings. The largest absolute Gasteiger partial charge is 0.476 e. The van der Waals surface area contributed by atoms with Crippen molar-refractivity contribution >= 4 is 29.2 Å². The smallest absolute Gasteiger partial charge is 0.259 e. The SMILES string of the molecule is CCOc1nc(N2CCN(C(C)=O)CC2)ccc1NC(=O)c1coc2c1C(=O)N(CCCOCc1ccccc1)CC2. The molecule has 3 amide bonds. The van der Waals surface area contributed by atoms with E-state index in [1.807, 2.05) is 48.2 Å². The van der Waals surface area contributed by atoms with Crippen molar-refractivity contribution in [3.63, 3.8) is 0 Å². The van der Waals surface area contributed by atoms with Crippen LogP contribution >= 0.6 is 0 Å². The zero-order valence-corrected chi connectivity index (χ0v) is 24.1. The standard InChI is InChI=1S/C31H37N5O6/c1-3-41-30-25(10-11-27(33-30)35-17-15-34(16-18-35)22(2)37)32-29(38)24-21-42-26-12-14-36(31(39)28(24)26)13-7-19-40-20-23-8-5-4-6-9-23/h4-6,8-11,21H,3,7,12-20H2,1-2H3,(H,32,38). The molecule has 3 aromatic rings. The fraction of sp³-hybridized carbons (Fsp3) is 0.419. The molecule has 1 aromatic carbocycles. The average Bonchev–Trinajstić information content (AvgIpc) is 3.45. The number of anilines is 2. The van der Waals surface area contributed by atoms with Crippen molar-refractivity contribution in [3.05, 3.63) is 71.2 Å². The van der Waals surface area contributed by atoms with Crippen molar-refractivity contribution in [2.45, 2.75) is 33.3 Å². The zero-order chi connectivity index (χ0) is 29.5. The monoisotopic (exact) mass is 575 g/mol. The van der Waals surface area contributed by atoms with Gasteiger partial charge in [-0.3, -0.25) is 14.4 Å². The Labute approximate surface area is 245 Å². The molecule has 0 atom stereocenters. The van der Waals surface area contributed by atoms with Gasteiger partial charge in [0, 0.05) is 59.2 Å². The Bertz CT molecular complexity index is 1400. The molecule has 0 bridgehead atoms. The number of carbonyl (C=O) groups excluding carboxylic acids is 3. The molecule has 2 aliphatic heterocycles. The molecule has 2 aromatic heterocycles. The number of furan rings is 1. The Kier molecular flexibility index (Phi) is 9.38. The second-order valence-electron chi connectivity index (χ2n) is 10.3. The van der Waals surface area contributed by atoms with Crippen molar-refractivity contribution in [2.24, 2.45) is 0 Å². The minimum Gasteiger partial charge on any atom is -0.476 e. The number of pyridine rings is 1. The molecule has 0 spiro atoms. The van der Waals surface area contributed by atoms with Gasteiger partial charge in [-0.25, -0.2) is 0 Å². The Hall–Kier alpha value is -4.38. The number of nitrogens with one attached hydrogen (secondary N) is 1. The minimum atomic E-state index is -0.466. The summed E-state index contributed by atoms with van der Waals surface area (Å²) in [6.45, 7) is 8.45. The van der Waals surface area contributed by atoms with E-state index in [1.165, 1.54) is 6.26 Å². The first-order valence-electron chi connectivity index (χ1n) is 14.4. The van der Waals surface area contributed by atoms with Gasteiger partial charge >= 0.3 is 0 Å². The maximum Gasteiger partial charge on any atom is 0.259 e. The van der Waals surface area contributed by atoms with E-state index in [9.17, 15) is 14.4 Å². The van der Waals surface area contributed by atoms with E-state index in [2.05, 4.69) is 15.2 Å². The summed E-state index contributed by atoms with van der Waals surface area (Å²) in [6, 6.07) is 13.5. The minimum absolute atomic E-state index is 0.0616. The first kappa shape index (κ1) is 29.1. The van der Waals surface area contributed by atoms with Crippen LogP contribution in [0.2, 0.25) is 0 Å². The number of hydrogen-bond acceptors (Lipinski definition) is 8. The van der Waals surface area contributed by atoms with Gasteiger partial charge in [-0.2, -0.15) is 4.98 Å². The van der Waals surface area contributed by atoms with Crippen LogP contribution in [0.5, 0.6) is 5.88 Å². The number of ether oxygens (including phenoxy) is 2. The fourth-order valence-electron chi connectivity index (χ4n) is 5.20. The molecule has 0 saturated carbocycles. The van der Waals surface area contributed by atoms with Gasteiger partial charge in [-0.1, -0.05) is 30.3 Å². The molecule has 5 rings (SSSR count). The third-order valence-electron chi connectivity index (χ3n) is 7.47. The zero-order valence-electron chi connectivity index (χ0n) is 24.1. The van der Waals surface area contributed by atoms with Crippen molar-refractivity contribution < 1.29 is 28.3 Å². The number of benzene rings is 1. The molecule has 222 valence electrons. The summed E-state index contributed by atoms with van der Waals surface area (Å²) in [7, 11) is 0. The van der Waals surface area contributed by atoms with Crippen LogP contribution in [0.1, 0.15) is 52.3 Å². The van der Waals surface area contributed by atoms with Crippen LogP contribution in [0, 0.1) is 0 Å². The molecule has 4 heterocycles. The third-order valence-corrected chi connectivity index (χ3v) is 7.47. The van der Waals surface area contributed by atoms with E-state index in [0.29, 0.717) is 94.8 Å². The van der Waals surface area contributed by atoms with Crippen LogP contribution < -0.4 is 15.0 Å². The summed E-state index contributed by atoms with van der Waals surface area (Å²) in [5.41, 5.74) is 2.00. The Morgan fingerprint density at radius 3 is 2.57 bits per heavy atom. The van der Waals surface area contributed by atoms with Crippen LogP contribution in [-0.2, 0) is 22.6 Å². The number of rotatable bonds is 11. The first-order chi connectivity index (χ1) is 20.4.